The van der Waals surface area contributed by atoms with Crippen molar-refractivity contribution in [2.45, 2.75) is 58.2 Å². The number of nitrogen functional groups attached to an aromatic ring is 1. The maximum absolute atomic E-state index is 12.3. The van der Waals surface area contributed by atoms with Gasteiger partial charge in [-0.15, -0.1) is 0 Å². The average Bonchev–Trinajstić information content (AvgIpc) is 3.29. The minimum atomic E-state index is -0.151. The van der Waals surface area contributed by atoms with Crippen molar-refractivity contribution in [2.24, 2.45) is 0 Å². The van der Waals surface area contributed by atoms with E-state index in [1.807, 2.05) is 31.2 Å². The molecule has 1 aromatic carbocycles. The van der Waals surface area contributed by atoms with Gasteiger partial charge < -0.3 is 10.5 Å². The molecule has 1 atom stereocenters. The van der Waals surface area contributed by atoms with Gasteiger partial charge in [0, 0.05) is 18.3 Å². The number of anilines is 1. The lowest BCUT2D eigenvalue weighted by molar-refractivity contribution is -0.150. The van der Waals surface area contributed by atoms with E-state index < -0.39 is 0 Å². The van der Waals surface area contributed by atoms with Gasteiger partial charge in [-0.1, -0.05) is 31.5 Å². The summed E-state index contributed by atoms with van der Waals surface area (Å²) in [6.07, 6.45) is 4.12. The standard InChI is InChI=1S/C17H26N2O2/c1-3-7-16(17(20)21-4-2)19(14-10-11-14)12-13-8-5-6-9-15(13)18/h5-6,8-9,14,16H,3-4,7,10-12,18H2,1-2H3. The third kappa shape index (κ3) is 4.21. The molecule has 1 fully saturated rings. The molecule has 4 heteroatoms. The van der Waals surface area contributed by atoms with Gasteiger partial charge in [-0.05, 0) is 37.8 Å². The number of nitrogens with zero attached hydrogens (tertiary/aromatic N) is 1. The zero-order valence-electron chi connectivity index (χ0n) is 13.0. The summed E-state index contributed by atoms with van der Waals surface area (Å²) in [5.41, 5.74) is 7.94. The number of ether oxygens (including phenoxy) is 1. The maximum Gasteiger partial charge on any atom is 0.323 e. The van der Waals surface area contributed by atoms with Crippen LogP contribution in [0, 0.1) is 0 Å². The summed E-state index contributed by atoms with van der Waals surface area (Å²) < 4.78 is 5.27. The van der Waals surface area contributed by atoms with E-state index in [4.69, 9.17) is 10.5 Å². The highest BCUT2D eigenvalue weighted by molar-refractivity contribution is 5.76. The first kappa shape index (κ1) is 15.8. The Labute approximate surface area is 127 Å². The molecule has 0 spiro atoms. The third-order valence-corrected chi connectivity index (χ3v) is 3.95. The minimum Gasteiger partial charge on any atom is -0.465 e. The minimum absolute atomic E-state index is 0.0965. The summed E-state index contributed by atoms with van der Waals surface area (Å²) in [4.78, 5) is 14.6. The Morgan fingerprint density at radius 2 is 2.10 bits per heavy atom. The van der Waals surface area contributed by atoms with E-state index in [1.54, 1.807) is 0 Å². The van der Waals surface area contributed by atoms with Crippen LogP contribution in [0.15, 0.2) is 24.3 Å². The number of rotatable bonds is 8. The molecule has 0 aliphatic heterocycles. The number of esters is 1. The van der Waals surface area contributed by atoms with Crippen LogP contribution in [0.5, 0.6) is 0 Å². The topological polar surface area (TPSA) is 55.6 Å². The Morgan fingerprint density at radius 3 is 2.67 bits per heavy atom. The van der Waals surface area contributed by atoms with Gasteiger partial charge in [0.15, 0.2) is 0 Å². The van der Waals surface area contributed by atoms with Gasteiger partial charge in [0.2, 0.25) is 0 Å². The predicted octanol–water partition coefficient (Wildman–Crippen LogP) is 2.97. The van der Waals surface area contributed by atoms with Crippen LogP contribution in [0.3, 0.4) is 0 Å². The van der Waals surface area contributed by atoms with Crippen molar-refractivity contribution in [1.82, 2.24) is 4.90 Å². The number of para-hydroxylation sites is 1. The molecule has 21 heavy (non-hydrogen) atoms. The van der Waals surface area contributed by atoms with Gasteiger partial charge >= 0.3 is 5.97 Å². The molecule has 1 unspecified atom stereocenters. The van der Waals surface area contributed by atoms with Gasteiger partial charge in [0.05, 0.1) is 6.61 Å². The fourth-order valence-electron chi connectivity index (χ4n) is 2.71. The second-order valence-electron chi connectivity index (χ2n) is 5.66. The first-order valence-corrected chi connectivity index (χ1v) is 7.93. The number of benzene rings is 1. The van der Waals surface area contributed by atoms with E-state index in [0.717, 1.165) is 43.5 Å². The van der Waals surface area contributed by atoms with Crippen molar-refractivity contribution < 1.29 is 9.53 Å². The number of nitrogens with two attached hydrogens (primary N) is 1. The average molecular weight is 290 g/mol. The Balaban J connectivity index is 2.16. The molecule has 116 valence electrons. The molecule has 1 aromatic rings. The summed E-state index contributed by atoms with van der Waals surface area (Å²) in [6, 6.07) is 8.23. The molecule has 1 aliphatic rings. The van der Waals surface area contributed by atoms with E-state index in [2.05, 4.69) is 11.8 Å². The number of hydrogen-bond donors (Lipinski definition) is 1. The fraction of sp³-hybridized carbons (Fsp3) is 0.588. The zero-order chi connectivity index (χ0) is 15.2. The summed E-state index contributed by atoms with van der Waals surface area (Å²) in [7, 11) is 0. The highest BCUT2D eigenvalue weighted by Crippen LogP contribution is 2.32. The monoisotopic (exact) mass is 290 g/mol. The van der Waals surface area contributed by atoms with E-state index >= 15 is 0 Å². The molecule has 0 radical (unpaired) electrons. The van der Waals surface area contributed by atoms with Crippen LogP contribution in [-0.4, -0.2) is 29.6 Å². The number of carbonyl (C=O) groups is 1. The molecule has 0 heterocycles. The third-order valence-electron chi connectivity index (χ3n) is 3.95. The van der Waals surface area contributed by atoms with Crippen molar-refractivity contribution in [3.8, 4) is 0 Å². The van der Waals surface area contributed by atoms with Gasteiger partial charge in [-0.2, -0.15) is 0 Å². The highest BCUT2D eigenvalue weighted by atomic mass is 16.5. The highest BCUT2D eigenvalue weighted by Gasteiger charge is 2.37. The molecule has 1 saturated carbocycles. The smallest absolute Gasteiger partial charge is 0.323 e. The van der Waals surface area contributed by atoms with Crippen molar-refractivity contribution >= 4 is 11.7 Å². The normalized spacial score (nSPS) is 16.0. The van der Waals surface area contributed by atoms with Gasteiger partial charge in [-0.25, -0.2) is 0 Å². The van der Waals surface area contributed by atoms with Crippen LogP contribution in [0.1, 0.15) is 45.1 Å². The van der Waals surface area contributed by atoms with Gasteiger partial charge in [0.1, 0.15) is 6.04 Å². The Hall–Kier alpha value is -1.55. The van der Waals surface area contributed by atoms with Crippen LogP contribution in [0.25, 0.3) is 0 Å². The molecule has 0 saturated heterocycles. The van der Waals surface area contributed by atoms with E-state index in [9.17, 15) is 4.79 Å². The quantitative estimate of drug-likeness (QED) is 0.591. The zero-order valence-corrected chi connectivity index (χ0v) is 13.0. The van der Waals surface area contributed by atoms with Crippen LogP contribution >= 0.6 is 0 Å². The number of hydrogen-bond acceptors (Lipinski definition) is 4. The predicted molar refractivity (Wildman–Crippen MR) is 84.7 cm³/mol. The molecular weight excluding hydrogens is 264 g/mol. The maximum atomic E-state index is 12.3. The first-order chi connectivity index (χ1) is 10.2. The van der Waals surface area contributed by atoms with E-state index in [0.29, 0.717) is 12.6 Å². The molecule has 2 N–H and O–H groups in total. The molecule has 2 rings (SSSR count). The lowest BCUT2D eigenvalue weighted by Gasteiger charge is -2.30. The molecule has 0 bridgehead atoms. The molecule has 0 amide bonds. The lowest BCUT2D eigenvalue weighted by atomic mass is 10.1. The second kappa shape index (κ2) is 7.46. The van der Waals surface area contributed by atoms with Gasteiger partial charge in [-0.3, -0.25) is 9.69 Å². The molecule has 4 nitrogen and oxygen atoms in total. The van der Waals surface area contributed by atoms with Crippen molar-refractivity contribution in [3.63, 3.8) is 0 Å². The lowest BCUT2D eigenvalue weighted by Crippen LogP contribution is -2.43. The fourth-order valence-corrected chi connectivity index (χ4v) is 2.71. The first-order valence-electron chi connectivity index (χ1n) is 7.93. The largest absolute Gasteiger partial charge is 0.465 e. The van der Waals surface area contributed by atoms with Gasteiger partial charge in [0.25, 0.3) is 0 Å². The second-order valence-corrected chi connectivity index (χ2v) is 5.66. The van der Waals surface area contributed by atoms with Crippen molar-refractivity contribution in [1.29, 1.82) is 0 Å². The van der Waals surface area contributed by atoms with E-state index in [-0.39, 0.29) is 12.0 Å². The summed E-state index contributed by atoms with van der Waals surface area (Å²) in [5, 5.41) is 0. The molecule has 0 aromatic heterocycles. The van der Waals surface area contributed by atoms with Crippen LogP contribution in [-0.2, 0) is 16.1 Å². The van der Waals surface area contributed by atoms with E-state index in [1.165, 1.54) is 0 Å². The SMILES string of the molecule is CCCC(C(=O)OCC)N(Cc1ccccc1N)C1CC1. The molecule has 1 aliphatic carbocycles. The summed E-state index contributed by atoms with van der Waals surface area (Å²) >= 11 is 0. The molecular formula is C17H26N2O2. The van der Waals surface area contributed by atoms with Crippen LogP contribution in [0.4, 0.5) is 5.69 Å². The Kier molecular flexibility index (Phi) is 5.62. The Bertz CT molecular complexity index is 472. The Morgan fingerprint density at radius 1 is 1.38 bits per heavy atom. The van der Waals surface area contributed by atoms with Crippen LogP contribution < -0.4 is 5.73 Å². The van der Waals surface area contributed by atoms with Crippen molar-refractivity contribution in [2.75, 3.05) is 12.3 Å². The van der Waals surface area contributed by atoms with Crippen molar-refractivity contribution in [3.05, 3.63) is 29.8 Å². The summed E-state index contributed by atoms with van der Waals surface area (Å²) in [5.74, 6) is -0.0965. The summed E-state index contributed by atoms with van der Waals surface area (Å²) in [6.45, 7) is 5.12. The van der Waals surface area contributed by atoms with Crippen LogP contribution in [0.2, 0.25) is 0 Å². The number of carbonyl (C=O) groups excluding carboxylic acids is 1.